The highest BCUT2D eigenvalue weighted by molar-refractivity contribution is 9.10. The van der Waals surface area contributed by atoms with Crippen LogP contribution >= 0.6 is 15.9 Å². The summed E-state index contributed by atoms with van der Waals surface area (Å²) in [5.74, 6) is -0.947. The Hall–Kier alpha value is -1.43. The number of benzene rings is 1. The average molecular weight is 302 g/mol. The van der Waals surface area contributed by atoms with Crippen LogP contribution in [-0.4, -0.2) is 9.55 Å². The minimum atomic E-state index is -0.669. The molecule has 0 aliphatic rings. The molecular formula is C11H10BrF2N3. The molecule has 2 aromatic rings. The van der Waals surface area contributed by atoms with Gasteiger partial charge in [-0.2, -0.15) is 0 Å². The Morgan fingerprint density at radius 3 is 2.35 bits per heavy atom. The van der Waals surface area contributed by atoms with Crippen molar-refractivity contribution in [3.8, 4) is 0 Å². The molecule has 0 saturated carbocycles. The summed E-state index contributed by atoms with van der Waals surface area (Å²) in [6.07, 6.45) is 1.76. The van der Waals surface area contributed by atoms with Crippen LogP contribution in [0.5, 0.6) is 0 Å². The van der Waals surface area contributed by atoms with Crippen LogP contribution in [-0.2, 0) is 7.05 Å². The van der Waals surface area contributed by atoms with Crippen molar-refractivity contribution < 1.29 is 8.78 Å². The summed E-state index contributed by atoms with van der Waals surface area (Å²) < 4.78 is 29.2. The Kier molecular flexibility index (Phi) is 3.15. The van der Waals surface area contributed by atoms with E-state index < -0.39 is 11.6 Å². The molecule has 1 heterocycles. The van der Waals surface area contributed by atoms with Gasteiger partial charge in [0.1, 0.15) is 5.69 Å². The monoisotopic (exact) mass is 301 g/mol. The first-order chi connectivity index (χ1) is 7.97. The van der Waals surface area contributed by atoms with E-state index >= 15 is 0 Å². The second kappa shape index (κ2) is 4.44. The lowest BCUT2D eigenvalue weighted by atomic mass is 10.3. The number of nitrogens with zero attached hydrogens (tertiary/aromatic N) is 2. The van der Waals surface area contributed by atoms with Crippen LogP contribution in [0.15, 0.2) is 22.8 Å². The van der Waals surface area contributed by atoms with Gasteiger partial charge in [0.05, 0.1) is 5.69 Å². The predicted octanol–water partition coefficient (Wildman–Crippen LogP) is 3.51. The molecule has 90 valence electrons. The Balaban J connectivity index is 2.39. The summed E-state index contributed by atoms with van der Waals surface area (Å²) in [5.41, 5.74) is 0.565. The number of hydrogen-bond acceptors (Lipinski definition) is 2. The normalized spacial score (nSPS) is 10.6. The molecule has 0 aliphatic heterocycles. The van der Waals surface area contributed by atoms with Crippen LogP contribution in [0, 0.1) is 18.6 Å². The molecule has 0 radical (unpaired) electrons. The summed E-state index contributed by atoms with van der Waals surface area (Å²) in [5, 5.41) is 2.64. The van der Waals surface area contributed by atoms with Crippen LogP contribution in [0.1, 0.15) is 5.69 Å². The zero-order valence-corrected chi connectivity index (χ0v) is 10.8. The summed E-state index contributed by atoms with van der Waals surface area (Å²) in [6.45, 7) is 1.81. The third-order valence-electron chi connectivity index (χ3n) is 2.24. The molecule has 0 bridgehead atoms. The number of nitrogens with one attached hydrogen (secondary N) is 1. The smallest absolute Gasteiger partial charge is 0.207 e. The summed E-state index contributed by atoms with van der Waals surface area (Å²) in [7, 11) is 1.75. The highest BCUT2D eigenvalue weighted by atomic mass is 79.9. The minimum absolute atomic E-state index is 0.207. The molecule has 0 amide bonds. The van der Waals surface area contributed by atoms with Gasteiger partial charge >= 0.3 is 0 Å². The van der Waals surface area contributed by atoms with E-state index in [-0.39, 0.29) is 5.69 Å². The summed E-state index contributed by atoms with van der Waals surface area (Å²) in [6, 6.07) is 2.39. The Morgan fingerprint density at radius 2 is 1.88 bits per heavy atom. The van der Waals surface area contributed by atoms with E-state index in [1.54, 1.807) is 24.7 Å². The van der Waals surface area contributed by atoms with Gasteiger partial charge in [0, 0.05) is 17.7 Å². The van der Waals surface area contributed by atoms with E-state index in [0.29, 0.717) is 10.4 Å². The maximum atomic E-state index is 13.6. The van der Waals surface area contributed by atoms with Crippen LogP contribution in [0.2, 0.25) is 0 Å². The molecule has 17 heavy (non-hydrogen) atoms. The quantitative estimate of drug-likeness (QED) is 0.920. The zero-order valence-electron chi connectivity index (χ0n) is 9.26. The van der Waals surface area contributed by atoms with Crippen molar-refractivity contribution in [1.29, 1.82) is 0 Å². The van der Waals surface area contributed by atoms with Crippen molar-refractivity contribution in [2.75, 3.05) is 5.32 Å². The number of rotatable bonds is 2. The van der Waals surface area contributed by atoms with Crippen LogP contribution in [0.4, 0.5) is 20.4 Å². The summed E-state index contributed by atoms with van der Waals surface area (Å²) >= 11 is 3.02. The highest BCUT2D eigenvalue weighted by Gasteiger charge is 2.12. The van der Waals surface area contributed by atoms with Gasteiger partial charge in [0.15, 0.2) is 11.6 Å². The van der Waals surface area contributed by atoms with Crippen LogP contribution in [0.25, 0.3) is 0 Å². The van der Waals surface area contributed by atoms with Gasteiger partial charge < -0.3 is 9.88 Å². The van der Waals surface area contributed by atoms with Gasteiger partial charge in [0.2, 0.25) is 5.95 Å². The van der Waals surface area contributed by atoms with Gasteiger partial charge in [-0.15, -0.1) is 0 Å². The van der Waals surface area contributed by atoms with Gasteiger partial charge in [-0.1, -0.05) is 15.9 Å². The molecule has 1 aromatic carbocycles. The predicted molar refractivity (Wildman–Crippen MR) is 65.3 cm³/mol. The Morgan fingerprint density at radius 1 is 1.29 bits per heavy atom. The molecular weight excluding hydrogens is 292 g/mol. The number of anilines is 2. The van der Waals surface area contributed by atoms with E-state index in [2.05, 4.69) is 26.2 Å². The van der Waals surface area contributed by atoms with Crippen LogP contribution in [0.3, 0.4) is 0 Å². The largest absolute Gasteiger partial charge is 0.321 e. The molecule has 0 spiro atoms. The zero-order chi connectivity index (χ0) is 12.6. The van der Waals surface area contributed by atoms with Crippen LogP contribution < -0.4 is 5.32 Å². The molecule has 0 atom stereocenters. The molecule has 2 rings (SSSR count). The van der Waals surface area contributed by atoms with Gasteiger partial charge in [0.25, 0.3) is 0 Å². The van der Waals surface area contributed by atoms with E-state index in [0.717, 1.165) is 5.69 Å². The van der Waals surface area contributed by atoms with Crippen molar-refractivity contribution in [3.05, 3.63) is 40.1 Å². The number of imidazole rings is 1. The van der Waals surface area contributed by atoms with Gasteiger partial charge in [-0.3, -0.25) is 0 Å². The van der Waals surface area contributed by atoms with Crippen molar-refractivity contribution in [1.82, 2.24) is 9.55 Å². The molecule has 1 N–H and O–H groups in total. The maximum Gasteiger partial charge on any atom is 0.207 e. The first kappa shape index (κ1) is 12.0. The lowest BCUT2D eigenvalue weighted by Crippen LogP contribution is -2.02. The topological polar surface area (TPSA) is 29.9 Å². The second-order valence-corrected chi connectivity index (χ2v) is 4.60. The second-order valence-electron chi connectivity index (χ2n) is 3.69. The maximum absolute atomic E-state index is 13.6. The molecule has 0 saturated heterocycles. The fourth-order valence-electron chi connectivity index (χ4n) is 1.51. The third-order valence-corrected chi connectivity index (χ3v) is 2.70. The molecule has 3 nitrogen and oxygen atoms in total. The molecule has 6 heteroatoms. The third kappa shape index (κ3) is 2.46. The minimum Gasteiger partial charge on any atom is -0.321 e. The number of hydrogen-bond donors (Lipinski definition) is 1. The lowest BCUT2D eigenvalue weighted by Gasteiger charge is -2.08. The Labute approximate surface area is 106 Å². The van der Waals surface area contributed by atoms with Crippen molar-refractivity contribution in [2.24, 2.45) is 7.05 Å². The van der Waals surface area contributed by atoms with Gasteiger partial charge in [-0.25, -0.2) is 13.8 Å². The SMILES string of the molecule is Cc1cn(C)c(Nc2c(F)cc(Br)cc2F)n1. The van der Waals surface area contributed by atoms with E-state index in [1.165, 1.54) is 12.1 Å². The van der Waals surface area contributed by atoms with Crippen molar-refractivity contribution in [3.63, 3.8) is 0 Å². The number of halogens is 3. The molecule has 0 unspecified atom stereocenters. The first-order valence-electron chi connectivity index (χ1n) is 4.89. The highest BCUT2D eigenvalue weighted by Crippen LogP contribution is 2.26. The average Bonchev–Trinajstić information content (AvgIpc) is 2.51. The van der Waals surface area contributed by atoms with Crippen molar-refractivity contribution in [2.45, 2.75) is 6.92 Å². The molecule has 0 fully saturated rings. The van der Waals surface area contributed by atoms with Gasteiger partial charge in [-0.05, 0) is 19.1 Å². The number of aryl methyl sites for hydroxylation is 2. The van der Waals surface area contributed by atoms with E-state index in [9.17, 15) is 8.78 Å². The lowest BCUT2D eigenvalue weighted by molar-refractivity contribution is 0.588. The summed E-state index contributed by atoms with van der Waals surface area (Å²) in [4.78, 5) is 4.12. The number of aromatic nitrogens is 2. The fraction of sp³-hybridized carbons (Fsp3) is 0.182. The first-order valence-corrected chi connectivity index (χ1v) is 5.68. The molecule has 1 aromatic heterocycles. The van der Waals surface area contributed by atoms with E-state index in [1.807, 2.05) is 0 Å². The van der Waals surface area contributed by atoms with E-state index in [4.69, 9.17) is 0 Å². The Bertz CT molecular complexity index is 543. The fourth-order valence-corrected chi connectivity index (χ4v) is 1.91. The standard InChI is InChI=1S/C11H10BrF2N3/c1-6-5-17(2)11(15-6)16-10-8(13)3-7(12)4-9(10)14/h3-5H,1-2H3,(H,15,16). The van der Waals surface area contributed by atoms with Crippen molar-refractivity contribution >= 4 is 27.6 Å². The molecule has 0 aliphatic carbocycles.